The number of nitrogens with one attached hydrogen (secondary N) is 1. The molecule has 2 N–H and O–H groups in total. The number of aromatic nitrogens is 1. The minimum Gasteiger partial charge on any atom is -0.480 e. The number of benzene rings is 1. The topological polar surface area (TPSA) is 117 Å². The number of aliphatic carboxylic acids is 1. The van der Waals surface area contributed by atoms with Crippen LogP contribution in [-0.2, 0) is 25.7 Å². The van der Waals surface area contributed by atoms with Gasteiger partial charge in [0, 0.05) is 31.3 Å². The highest BCUT2D eigenvalue weighted by molar-refractivity contribution is 6.19. The minimum atomic E-state index is -1.50. The molecule has 2 amide bonds. The number of ketones is 1. The summed E-state index contributed by atoms with van der Waals surface area (Å²) in [5, 5.41) is 10.8. The lowest BCUT2D eigenvalue weighted by Gasteiger charge is -2.30. The van der Waals surface area contributed by atoms with E-state index in [0.717, 1.165) is 22.4 Å². The molecule has 0 saturated carbocycles. The average molecular weight is 395 g/mol. The number of hydrogen-bond acceptors (Lipinski definition) is 5. The molecule has 1 saturated heterocycles. The Bertz CT molecular complexity index is 938. The van der Waals surface area contributed by atoms with Gasteiger partial charge in [-0.3, -0.25) is 24.2 Å². The molecule has 1 aromatic heterocycles. The molecule has 29 heavy (non-hydrogen) atoms. The summed E-state index contributed by atoms with van der Waals surface area (Å²) in [4.78, 5) is 53.2. The Hall–Kier alpha value is -3.55. The van der Waals surface area contributed by atoms with Crippen LogP contribution in [0, 0.1) is 12.8 Å². The first-order chi connectivity index (χ1) is 13.8. The molecule has 1 fully saturated rings. The molecule has 1 aliphatic rings. The first-order valence-electron chi connectivity index (χ1n) is 9.18. The van der Waals surface area contributed by atoms with E-state index in [-0.39, 0.29) is 19.5 Å². The third-order valence-electron chi connectivity index (χ3n) is 4.73. The van der Waals surface area contributed by atoms with Crippen LogP contribution >= 0.6 is 0 Å². The van der Waals surface area contributed by atoms with Crippen LogP contribution in [0.4, 0.5) is 0 Å². The number of hydrogen-bond donors (Lipinski definition) is 2. The van der Waals surface area contributed by atoms with Gasteiger partial charge in [0.1, 0.15) is 6.54 Å². The van der Waals surface area contributed by atoms with Crippen molar-refractivity contribution in [1.29, 1.82) is 0 Å². The van der Waals surface area contributed by atoms with Gasteiger partial charge in [0.2, 0.25) is 11.8 Å². The first kappa shape index (κ1) is 20.2. The predicted octanol–water partition coefficient (Wildman–Crippen LogP) is 1.18. The SMILES string of the molecule is Cc1ccc(-c2ccc(CN3CCC(=O)C(C(=O)NCC(=O)O)C3=O)cn2)cc1. The summed E-state index contributed by atoms with van der Waals surface area (Å²) < 4.78 is 0. The maximum absolute atomic E-state index is 12.6. The summed E-state index contributed by atoms with van der Waals surface area (Å²) in [5.74, 6) is -4.73. The maximum Gasteiger partial charge on any atom is 0.322 e. The second-order valence-corrected chi connectivity index (χ2v) is 6.94. The van der Waals surface area contributed by atoms with Crippen molar-refractivity contribution < 1.29 is 24.3 Å². The van der Waals surface area contributed by atoms with Crippen molar-refractivity contribution in [3.05, 3.63) is 53.7 Å². The van der Waals surface area contributed by atoms with Gasteiger partial charge in [0.25, 0.3) is 0 Å². The van der Waals surface area contributed by atoms with Gasteiger partial charge in [-0.25, -0.2) is 0 Å². The molecule has 1 unspecified atom stereocenters. The van der Waals surface area contributed by atoms with Crippen molar-refractivity contribution in [1.82, 2.24) is 15.2 Å². The molecular formula is C21H21N3O5. The van der Waals surface area contributed by atoms with E-state index in [4.69, 9.17) is 5.11 Å². The van der Waals surface area contributed by atoms with Crippen molar-refractivity contribution in [3.63, 3.8) is 0 Å². The lowest BCUT2D eigenvalue weighted by molar-refractivity contribution is -0.152. The van der Waals surface area contributed by atoms with Crippen molar-refractivity contribution in [3.8, 4) is 11.3 Å². The number of nitrogens with zero attached hydrogens (tertiary/aromatic N) is 2. The molecule has 0 spiro atoms. The van der Waals surface area contributed by atoms with Crippen LogP contribution in [-0.4, -0.2) is 51.6 Å². The van der Waals surface area contributed by atoms with Crippen molar-refractivity contribution >= 4 is 23.6 Å². The third kappa shape index (κ3) is 4.84. The summed E-state index contributed by atoms with van der Waals surface area (Å²) in [6, 6.07) is 11.7. The second-order valence-electron chi connectivity index (χ2n) is 6.94. The molecule has 3 rings (SSSR count). The fraction of sp³-hybridized carbons (Fsp3) is 0.286. The number of pyridine rings is 1. The number of rotatable bonds is 6. The number of carbonyl (C=O) groups is 4. The number of carbonyl (C=O) groups excluding carboxylic acids is 3. The quantitative estimate of drug-likeness (QED) is 0.710. The van der Waals surface area contributed by atoms with E-state index in [1.807, 2.05) is 43.3 Å². The second kappa shape index (κ2) is 8.64. The fourth-order valence-electron chi connectivity index (χ4n) is 3.13. The number of aryl methyl sites for hydroxylation is 1. The van der Waals surface area contributed by atoms with Crippen molar-refractivity contribution in [2.45, 2.75) is 19.9 Å². The first-order valence-corrected chi connectivity index (χ1v) is 9.18. The van der Waals surface area contributed by atoms with E-state index in [0.29, 0.717) is 0 Å². The number of Topliss-reactive ketones (excluding diaryl/α,β-unsaturated/α-hetero) is 1. The van der Waals surface area contributed by atoms with Gasteiger partial charge in [0.05, 0.1) is 5.69 Å². The molecule has 0 radical (unpaired) electrons. The van der Waals surface area contributed by atoms with E-state index < -0.39 is 36.0 Å². The monoisotopic (exact) mass is 395 g/mol. The van der Waals surface area contributed by atoms with E-state index in [2.05, 4.69) is 10.3 Å². The molecule has 2 heterocycles. The molecule has 8 nitrogen and oxygen atoms in total. The van der Waals surface area contributed by atoms with Crippen LogP contribution in [0.2, 0.25) is 0 Å². The van der Waals surface area contributed by atoms with Crippen LogP contribution < -0.4 is 5.32 Å². The summed E-state index contributed by atoms with van der Waals surface area (Å²) in [6.45, 7) is 1.80. The highest BCUT2D eigenvalue weighted by Crippen LogP contribution is 2.20. The Morgan fingerprint density at radius 1 is 1.17 bits per heavy atom. The van der Waals surface area contributed by atoms with Crippen molar-refractivity contribution in [2.75, 3.05) is 13.1 Å². The van der Waals surface area contributed by atoms with E-state index in [1.54, 1.807) is 6.20 Å². The van der Waals surface area contributed by atoms with Gasteiger partial charge in [-0.15, -0.1) is 0 Å². The molecular weight excluding hydrogens is 374 g/mol. The molecule has 0 bridgehead atoms. The number of amides is 2. The van der Waals surface area contributed by atoms with Crippen LogP contribution in [0.3, 0.4) is 0 Å². The van der Waals surface area contributed by atoms with Gasteiger partial charge in [-0.2, -0.15) is 0 Å². The smallest absolute Gasteiger partial charge is 0.322 e. The zero-order valence-electron chi connectivity index (χ0n) is 15.9. The molecule has 0 aliphatic carbocycles. The highest BCUT2D eigenvalue weighted by Gasteiger charge is 2.40. The number of carboxylic acids is 1. The van der Waals surface area contributed by atoms with Gasteiger partial charge in [-0.1, -0.05) is 35.9 Å². The summed E-state index contributed by atoms with van der Waals surface area (Å²) in [7, 11) is 0. The lowest BCUT2D eigenvalue weighted by Crippen LogP contribution is -2.52. The Morgan fingerprint density at radius 3 is 2.52 bits per heavy atom. The van der Waals surface area contributed by atoms with Gasteiger partial charge >= 0.3 is 5.97 Å². The van der Waals surface area contributed by atoms with Gasteiger partial charge in [0.15, 0.2) is 11.7 Å². The zero-order valence-corrected chi connectivity index (χ0v) is 15.9. The van der Waals surface area contributed by atoms with Gasteiger partial charge < -0.3 is 15.3 Å². The summed E-state index contributed by atoms with van der Waals surface area (Å²) in [6.07, 6.45) is 1.71. The minimum absolute atomic E-state index is 0.0474. The molecule has 1 aliphatic heterocycles. The number of likely N-dealkylation sites (tertiary alicyclic amines) is 1. The van der Waals surface area contributed by atoms with Crippen molar-refractivity contribution in [2.24, 2.45) is 5.92 Å². The van der Waals surface area contributed by atoms with Crippen LogP contribution in [0.15, 0.2) is 42.6 Å². The Morgan fingerprint density at radius 2 is 1.90 bits per heavy atom. The fourth-order valence-corrected chi connectivity index (χ4v) is 3.13. The zero-order chi connectivity index (χ0) is 21.0. The van der Waals surface area contributed by atoms with Gasteiger partial charge in [-0.05, 0) is 18.6 Å². The van der Waals surface area contributed by atoms with Crippen LogP contribution in [0.1, 0.15) is 17.5 Å². The maximum atomic E-state index is 12.6. The Kier molecular flexibility index (Phi) is 6.01. The molecule has 8 heteroatoms. The highest BCUT2D eigenvalue weighted by atomic mass is 16.4. The standard InChI is InChI=1S/C21H21N3O5/c1-13-2-5-15(6-3-13)16-7-4-14(10-22-16)12-24-9-8-17(25)19(21(24)29)20(28)23-11-18(26)27/h2-7,10,19H,8-9,11-12H2,1H3,(H,23,28)(H,26,27). The number of carboxylic acid groups (broad SMARTS) is 1. The number of piperidine rings is 1. The van der Waals surface area contributed by atoms with E-state index in [1.165, 1.54) is 4.90 Å². The molecule has 1 atom stereocenters. The Balaban J connectivity index is 1.68. The molecule has 150 valence electrons. The van der Waals surface area contributed by atoms with Crippen LogP contribution in [0.25, 0.3) is 11.3 Å². The largest absolute Gasteiger partial charge is 0.480 e. The average Bonchev–Trinajstić information content (AvgIpc) is 2.70. The normalized spacial score (nSPS) is 16.6. The third-order valence-corrected chi connectivity index (χ3v) is 4.73. The summed E-state index contributed by atoms with van der Waals surface area (Å²) >= 11 is 0. The Labute approximate surface area is 167 Å². The van der Waals surface area contributed by atoms with Crippen LogP contribution in [0.5, 0.6) is 0 Å². The lowest BCUT2D eigenvalue weighted by atomic mass is 9.94. The predicted molar refractivity (Wildman–Crippen MR) is 104 cm³/mol. The molecule has 2 aromatic rings. The summed E-state index contributed by atoms with van der Waals surface area (Å²) in [5.41, 5.74) is 3.72. The van der Waals surface area contributed by atoms with E-state index in [9.17, 15) is 19.2 Å². The molecule has 1 aromatic carbocycles. The van der Waals surface area contributed by atoms with E-state index >= 15 is 0 Å².